The van der Waals surface area contributed by atoms with E-state index >= 15 is 0 Å². The quantitative estimate of drug-likeness (QED) is 0.754. The average Bonchev–Trinajstić information content (AvgIpc) is 2.73. The van der Waals surface area contributed by atoms with Crippen molar-refractivity contribution in [3.8, 4) is 11.5 Å². The minimum Gasteiger partial charge on any atom is -0.493 e. The van der Waals surface area contributed by atoms with E-state index in [0.29, 0.717) is 35.3 Å². The molecule has 0 aliphatic carbocycles. The number of urea groups is 1. The van der Waals surface area contributed by atoms with Gasteiger partial charge in [0.05, 0.1) is 14.2 Å². The molecule has 0 fully saturated rings. The molecule has 29 heavy (non-hydrogen) atoms. The van der Waals surface area contributed by atoms with E-state index in [1.165, 1.54) is 0 Å². The van der Waals surface area contributed by atoms with Gasteiger partial charge in [0.2, 0.25) is 5.91 Å². The van der Waals surface area contributed by atoms with Crippen molar-refractivity contribution in [3.63, 3.8) is 0 Å². The predicted octanol–water partition coefficient (Wildman–Crippen LogP) is 3.45. The number of anilines is 1. The summed E-state index contributed by atoms with van der Waals surface area (Å²) in [5.74, 6) is 1.16. The van der Waals surface area contributed by atoms with Crippen LogP contribution in [0.5, 0.6) is 11.5 Å². The van der Waals surface area contributed by atoms with Crippen LogP contribution in [0.1, 0.15) is 17.5 Å². The number of halogens is 1. The number of rotatable bonds is 6. The normalized spacial score (nSPS) is 12.7. The van der Waals surface area contributed by atoms with E-state index in [4.69, 9.17) is 21.1 Å². The SMILES string of the molecule is COc1cc2c(cc1OC)CN(C(=O)NCCC(=O)Nc1ccc(Cl)cc1)CC2. The van der Waals surface area contributed by atoms with E-state index in [-0.39, 0.29) is 24.9 Å². The number of nitrogens with zero attached hydrogens (tertiary/aromatic N) is 1. The van der Waals surface area contributed by atoms with Gasteiger partial charge in [0.25, 0.3) is 0 Å². The smallest absolute Gasteiger partial charge is 0.317 e. The maximum Gasteiger partial charge on any atom is 0.317 e. The first-order chi connectivity index (χ1) is 14.0. The molecule has 154 valence electrons. The van der Waals surface area contributed by atoms with Crippen molar-refractivity contribution in [2.24, 2.45) is 0 Å². The summed E-state index contributed by atoms with van der Waals surface area (Å²) in [6.07, 6.45) is 0.921. The minimum absolute atomic E-state index is 0.173. The Morgan fingerprint density at radius 1 is 1.07 bits per heavy atom. The lowest BCUT2D eigenvalue weighted by Gasteiger charge is -2.29. The molecule has 7 nitrogen and oxygen atoms in total. The molecule has 8 heteroatoms. The molecule has 2 aromatic rings. The minimum atomic E-state index is -0.190. The van der Waals surface area contributed by atoms with Crippen LogP contribution < -0.4 is 20.1 Å². The number of hydrogen-bond donors (Lipinski definition) is 2. The number of carbonyl (C=O) groups excluding carboxylic acids is 2. The predicted molar refractivity (Wildman–Crippen MR) is 112 cm³/mol. The van der Waals surface area contributed by atoms with Crippen LogP contribution in [0.3, 0.4) is 0 Å². The zero-order valence-corrected chi connectivity index (χ0v) is 17.2. The van der Waals surface area contributed by atoms with Gasteiger partial charge in [0, 0.05) is 36.8 Å². The van der Waals surface area contributed by atoms with Crippen LogP contribution in [0.25, 0.3) is 0 Å². The van der Waals surface area contributed by atoms with Crippen molar-refractivity contribution in [1.29, 1.82) is 0 Å². The molecule has 1 aliphatic heterocycles. The third kappa shape index (κ3) is 5.32. The van der Waals surface area contributed by atoms with Crippen molar-refractivity contribution in [3.05, 3.63) is 52.5 Å². The second kappa shape index (κ2) is 9.52. The molecule has 0 bridgehead atoms. The Hall–Kier alpha value is -2.93. The standard InChI is InChI=1S/C21H24ClN3O4/c1-28-18-11-14-8-10-25(13-15(14)12-19(18)29-2)21(27)23-9-7-20(26)24-17-5-3-16(22)4-6-17/h3-6,11-12H,7-10,13H2,1-2H3,(H,23,27)(H,24,26). The lowest BCUT2D eigenvalue weighted by Crippen LogP contribution is -2.43. The Labute approximate surface area is 174 Å². The fourth-order valence-electron chi connectivity index (χ4n) is 3.21. The molecule has 1 aliphatic rings. The van der Waals surface area contributed by atoms with Gasteiger partial charge in [-0.3, -0.25) is 4.79 Å². The van der Waals surface area contributed by atoms with Gasteiger partial charge in [-0.05, 0) is 53.9 Å². The molecule has 2 N–H and O–H groups in total. The Morgan fingerprint density at radius 2 is 1.72 bits per heavy atom. The maximum absolute atomic E-state index is 12.5. The topological polar surface area (TPSA) is 79.9 Å². The number of benzene rings is 2. The van der Waals surface area contributed by atoms with Gasteiger partial charge < -0.3 is 25.0 Å². The fourth-order valence-corrected chi connectivity index (χ4v) is 3.33. The number of ether oxygens (including phenoxy) is 2. The zero-order chi connectivity index (χ0) is 20.8. The van der Waals surface area contributed by atoms with Crippen LogP contribution in [0.15, 0.2) is 36.4 Å². The van der Waals surface area contributed by atoms with E-state index in [2.05, 4.69) is 10.6 Å². The van der Waals surface area contributed by atoms with Crippen LogP contribution in [0.4, 0.5) is 10.5 Å². The highest BCUT2D eigenvalue weighted by Gasteiger charge is 2.22. The van der Waals surface area contributed by atoms with Crippen LogP contribution in [0, 0.1) is 0 Å². The van der Waals surface area contributed by atoms with E-state index < -0.39 is 0 Å². The lowest BCUT2D eigenvalue weighted by atomic mass is 9.99. The molecular weight excluding hydrogens is 394 g/mol. The summed E-state index contributed by atoms with van der Waals surface area (Å²) in [6.45, 7) is 1.34. The van der Waals surface area contributed by atoms with Crippen molar-refractivity contribution in [2.45, 2.75) is 19.4 Å². The van der Waals surface area contributed by atoms with E-state index in [9.17, 15) is 9.59 Å². The molecule has 0 unspecified atom stereocenters. The summed E-state index contributed by atoms with van der Waals surface area (Å²) in [7, 11) is 3.20. The Bertz CT molecular complexity index is 886. The highest BCUT2D eigenvalue weighted by Crippen LogP contribution is 2.33. The monoisotopic (exact) mass is 417 g/mol. The largest absolute Gasteiger partial charge is 0.493 e. The zero-order valence-electron chi connectivity index (χ0n) is 16.5. The Morgan fingerprint density at radius 3 is 2.38 bits per heavy atom. The van der Waals surface area contributed by atoms with Crippen molar-refractivity contribution < 1.29 is 19.1 Å². The average molecular weight is 418 g/mol. The first kappa shape index (κ1) is 20.8. The second-order valence-electron chi connectivity index (χ2n) is 6.68. The molecular formula is C21H24ClN3O4. The molecule has 0 saturated carbocycles. The molecule has 3 rings (SSSR count). The summed E-state index contributed by atoms with van der Waals surface area (Å²) in [5, 5.41) is 6.19. The molecule has 3 amide bonds. The van der Waals surface area contributed by atoms with Gasteiger partial charge in [-0.15, -0.1) is 0 Å². The molecule has 0 aromatic heterocycles. The number of hydrogen-bond acceptors (Lipinski definition) is 4. The van der Waals surface area contributed by atoms with Crippen LogP contribution in [0.2, 0.25) is 5.02 Å². The molecule has 0 radical (unpaired) electrons. The van der Waals surface area contributed by atoms with Crippen LogP contribution in [-0.4, -0.2) is 44.1 Å². The van der Waals surface area contributed by atoms with Gasteiger partial charge in [0.15, 0.2) is 11.5 Å². The Kier molecular flexibility index (Phi) is 6.82. The summed E-state index contributed by atoms with van der Waals surface area (Å²) in [4.78, 5) is 26.2. The van der Waals surface area contributed by atoms with Crippen molar-refractivity contribution in [2.75, 3.05) is 32.6 Å². The van der Waals surface area contributed by atoms with Crippen molar-refractivity contribution in [1.82, 2.24) is 10.2 Å². The van der Waals surface area contributed by atoms with Gasteiger partial charge in [-0.1, -0.05) is 11.6 Å². The summed E-state index contributed by atoms with van der Waals surface area (Å²) in [6, 6.07) is 10.6. The van der Waals surface area contributed by atoms with E-state index in [1.54, 1.807) is 43.4 Å². The van der Waals surface area contributed by atoms with E-state index in [1.807, 2.05) is 12.1 Å². The summed E-state index contributed by atoms with van der Waals surface area (Å²) >= 11 is 5.83. The number of fused-ring (bicyclic) bond motifs is 1. The maximum atomic E-state index is 12.5. The fraction of sp³-hybridized carbons (Fsp3) is 0.333. The van der Waals surface area contributed by atoms with Crippen LogP contribution in [-0.2, 0) is 17.8 Å². The molecule has 2 aromatic carbocycles. The third-order valence-corrected chi connectivity index (χ3v) is 5.01. The molecule has 0 spiro atoms. The summed E-state index contributed by atoms with van der Waals surface area (Å²) < 4.78 is 10.7. The molecule has 0 atom stereocenters. The van der Waals surface area contributed by atoms with Gasteiger partial charge >= 0.3 is 6.03 Å². The number of carbonyl (C=O) groups is 2. The van der Waals surface area contributed by atoms with Crippen LogP contribution >= 0.6 is 11.6 Å². The number of amides is 3. The first-order valence-electron chi connectivity index (χ1n) is 9.32. The number of nitrogens with one attached hydrogen (secondary N) is 2. The summed E-state index contributed by atoms with van der Waals surface area (Å²) in [5.41, 5.74) is 2.85. The lowest BCUT2D eigenvalue weighted by molar-refractivity contribution is -0.116. The highest BCUT2D eigenvalue weighted by atomic mass is 35.5. The van der Waals surface area contributed by atoms with Gasteiger partial charge in [-0.25, -0.2) is 4.79 Å². The Balaban J connectivity index is 1.49. The molecule has 1 heterocycles. The second-order valence-corrected chi connectivity index (χ2v) is 7.12. The number of methoxy groups -OCH3 is 2. The highest BCUT2D eigenvalue weighted by molar-refractivity contribution is 6.30. The van der Waals surface area contributed by atoms with Gasteiger partial charge in [0.1, 0.15) is 0 Å². The third-order valence-electron chi connectivity index (χ3n) is 4.76. The molecule has 0 saturated heterocycles. The first-order valence-corrected chi connectivity index (χ1v) is 9.70. The van der Waals surface area contributed by atoms with Crippen molar-refractivity contribution >= 4 is 29.2 Å². The van der Waals surface area contributed by atoms with E-state index in [0.717, 1.165) is 17.5 Å². The van der Waals surface area contributed by atoms with Gasteiger partial charge in [-0.2, -0.15) is 0 Å².